The van der Waals surface area contributed by atoms with Crippen LogP contribution in [0.15, 0.2) is 54.6 Å². The largest absolute Gasteiger partial charge is 0.478 e. The summed E-state index contributed by atoms with van der Waals surface area (Å²) in [4.78, 5) is 13.5. The van der Waals surface area contributed by atoms with Crippen LogP contribution in [0.25, 0.3) is 0 Å². The molecule has 0 radical (unpaired) electrons. The second-order valence-corrected chi connectivity index (χ2v) is 6.41. The summed E-state index contributed by atoms with van der Waals surface area (Å²) in [5, 5.41) is 9.08. The van der Waals surface area contributed by atoms with Crippen molar-refractivity contribution in [3.8, 4) is 0 Å². The third kappa shape index (κ3) is 4.42. The van der Waals surface area contributed by atoms with Crippen molar-refractivity contribution < 1.29 is 9.90 Å². The molecule has 0 saturated carbocycles. The highest BCUT2D eigenvalue weighted by atomic mass is 16.4. The van der Waals surface area contributed by atoms with Crippen molar-refractivity contribution in [2.75, 3.05) is 13.1 Å². The average molecular weight is 309 g/mol. The average Bonchev–Trinajstić information content (AvgIpc) is 2.58. The van der Waals surface area contributed by atoms with Crippen LogP contribution in [0.5, 0.6) is 0 Å². The van der Waals surface area contributed by atoms with Gasteiger partial charge in [0.2, 0.25) is 0 Å². The summed E-state index contributed by atoms with van der Waals surface area (Å²) in [5.74, 6) is -0.0903. The van der Waals surface area contributed by atoms with E-state index in [9.17, 15) is 4.79 Å². The van der Waals surface area contributed by atoms with E-state index in [-0.39, 0.29) is 0 Å². The smallest absolute Gasteiger partial charge is 0.335 e. The first-order valence-corrected chi connectivity index (χ1v) is 8.29. The van der Waals surface area contributed by atoms with Crippen LogP contribution < -0.4 is 0 Å². The van der Waals surface area contributed by atoms with Crippen molar-refractivity contribution in [3.63, 3.8) is 0 Å². The molecule has 1 aliphatic rings. The van der Waals surface area contributed by atoms with Crippen LogP contribution >= 0.6 is 0 Å². The molecule has 1 heterocycles. The van der Waals surface area contributed by atoms with E-state index in [1.54, 1.807) is 12.1 Å². The van der Waals surface area contributed by atoms with Gasteiger partial charge in [0, 0.05) is 6.54 Å². The van der Waals surface area contributed by atoms with Crippen molar-refractivity contribution in [3.05, 3.63) is 71.3 Å². The van der Waals surface area contributed by atoms with E-state index in [2.05, 4.69) is 35.2 Å². The lowest BCUT2D eigenvalue weighted by atomic mass is 9.90. The molecule has 1 aliphatic heterocycles. The Balaban J connectivity index is 1.51. The fourth-order valence-electron chi connectivity index (χ4n) is 3.36. The lowest BCUT2D eigenvalue weighted by molar-refractivity contribution is 0.0696. The Kier molecular flexibility index (Phi) is 5.09. The van der Waals surface area contributed by atoms with E-state index in [4.69, 9.17) is 5.11 Å². The molecule has 2 aromatic carbocycles. The van der Waals surface area contributed by atoms with E-state index in [0.29, 0.717) is 5.56 Å². The summed E-state index contributed by atoms with van der Waals surface area (Å²) in [5.41, 5.74) is 2.90. The number of carbonyl (C=O) groups is 1. The molecule has 0 aromatic heterocycles. The van der Waals surface area contributed by atoms with Gasteiger partial charge in [-0.2, -0.15) is 0 Å². The maximum atomic E-state index is 11.0. The van der Waals surface area contributed by atoms with Gasteiger partial charge in [-0.3, -0.25) is 4.90 Å². The van der Waals surface area contributed by atoms with E-state index in [1.807, 2.05) is 12.1 Å². The van der Waals surface area contributed by atoms with Crippen LogP contribution in [0.1, 0.15) is 34.3 Å². The molecule has 0 spiro atoms. The first kappa shape index (κ1) is 15.8. The number of carboxylic acids is 1. The van der Waals surface area contributed by atoms with Gasteiger partial charge in [0.25, 0.3) is 0 Å². The number of hydrogen-bond donors (Lipinski definition) is 1. The Morgan fingerprint density at radius 3 is 2.39 bits per heavy atom. The van der Waals surface area contributed by atoms with E-state index in [0.717, 1.165) is 31.1 Å². The fourth-order valence-corrected chi connectivity index (χ4v) is 3.36. The summed E-state index contributed by atoms with van der Waals surface area (Å²) < 4.78 is 0. The quantitative estimate of drug-likeness (QED) is 0.912. The molecule has 120 valence electrons. The minimum absolute atomic E-state index is 0.376. The summed E-state index contributed by atoms with van der Waals surface area (Å²) >= 11 is 0. The monoisotopic (exact) mass is 309 g/mol. The Bertz CT molecular complexity index is 646. The van der Waals surface area contributed by atoms with Crippen LogP contribution in [-0.2, 0) is 13.0 Å². The van der Waals surface area contributed by atoms with Crippen LogP contribution in [0.2, 0.25) is 0 Å². The topological polar surface area (TPSA) is 40.5 Å². The first-order chi connectivity index (χ1) is 11.2. The number of benzene rings is 2. The Morgan fingerprint density at radius 1 is 1.00 bits per heavy atom. The minimum atomic E-state index is -0.853. The van der Waals surface area contributed by atoms with Gasteiger partial charge in [-0.15, -0.1) is 0 Å². The molecule has 3 rings (SSSR count). The molecular weight excluding hydrogens is 286 g/mol. The van der Waals surface area contributed by atoms with Gasteiger partial charge in [0.1, 0.15) is 0 Å². The molecule has 3 nitrogen and oxygen atoms in total. The highest BCUT2D eigenvalue weighted by molar-refractivity contribution is 5.87. The van der Waals surface area contributed by atoms with Gasteiger partial charge < -0.3 is 5.11 Å². The van der Waals surface area contributed by atoms with E-state index >= 15 is 0 Å². The number of rotatable bonds is 5. The van der Waals surface area contributed by atoms with Gasteiger partial charge in [-0.05, 0) is 61.5 Å². The van der Waals surface area contributed by atoms with Gasteiger partial charge in [-0.1, -0.05) is 42.5 Å². The van der Waals surface area contributed by atoms with Crippen LogP contribution in [0.3, 0.4) is 0 Å². The summed E-state index contributed by atoms with van der Waals surface area (Å²) in [7, 11) is 0. The maximum absolute atomic E-state index is 11.0. The molecule has 2 aromatic rings. The molecular formula is C20H23NO2. The molecule has 1 saturated heterocycles. The van der Waals surface area contributed by atoms with Crippen molar-refractivity contribution in [2.45, 2.75) is 25.8 Å². The summed E-state index contributed by atoms with van der Waals surface area (Å²) in [6.07, 6.45) is 3.60. The second kappa shape index (κ2) is 7.42. The second-order valence-electron chi connectivity index (χ2n) is 6.41. The van der Waals surface area contributed by atoms with E-state index in [1.165, 1.54) is 24.8 Å². The van der Waals surface area contributed by atoms with Crippen molar-refractivity contribution in [2.24, 2.45) is 5.92 Å². The number of carboxylic acid groups (broad SMARTS) is 1. The van der Waals surface area contributed by atoms with Crippen LogP contribution in [0.4, 0.5) is 0 Å². The number of piperidine rings is 1. The predicted octanol–water partition coefficient (Wildman–Crippen LogP) is 3.84. The van der Waals surface area contributed by atoms with Crippen LogP contribution in [-0.4, -0.2) is 29.1 Å². The first-order valence-electron chi connectivity index (χ1n) is 8.29. The Labute approximate surface area is 137 Å². The Morgan fingerprint density at radius 2 is 1.70 bits per heavy atom. The highest BCUT2D eigenvalue weighted by Crippen LogP contribution is 2.23. The van der Waals surface area contributed by atoms with Crippen molar-refractivity contribution in [1.82, 2.24) is 4.90 Å². The lowest BCUT2D eigenvalue weighted by Gasteiger charge is -2.32. The number of aromatic carboxylic acids is 1. The number of nitrogens with zero attached hydrogens (tertiary/aromatic N) is 1. The van der Waals surface area contributed by atoms with Gasteiger partial charge in [-0.25, -0.2) is 4.79 Å². The summed E-state index contributed by atoms with van der Waals surface area (Å²) in [6.45, 7) is 3.03. The summed E-state index contributed by atoms with van der Waals surface area (Å²) in [6, 6.07) is 18.0. The van der Waals surface area contributed by atoms with Gasteiger partial charge >= 0.3 is 5.97 Å². The zero-order valence-electron chi connectivity index (χ0n) is 13.3. The lowest BCUT2D eigenvalue weighted by Crippen LogP contribution is -2.33. The van der Waals surface area contributed by atoms with Crippen molar-refractivity contribution >= 4 is 5.97 Å². The molecule has 0 unspecified atom stereocenters. The Hall–Kier alpha value is -2.13. The normalized spacial score (nSPS) is 16.3. The standard InChI is InChI=1S/C20H23NO2/c22-20(23)19-8-4-7-18(14-19)15-21-11-9-17(10-12-21)13-16-5-2-1-3-6-16/h1-8,14,17H,9-13,15H2,(H,22,23). The van der Waals surface area contributed by atoms with E-state index < -0.39 is 5.97 Å². The highest BCUT2D eigenvalue weighted by Gasteiger charge is 2.19. The predicted molar refractivity (Wildman–Crippen MR) is 91.5 cm³/mol. The fraction of sp³-hybridized carbons (Fsp3) is 0.350. The molecule has 1 N–H and O–H groups in total. The SMILES string of the molecule is O=C(O)c1cccc(CN2CCC(Cc3ccccc3)CC2)c1. The van der Waals surface area contributed by atoms with Crippen LogP contribution in [0, 0.1) is 5.92 Å². The molecule has 23 heavy (non-hydrogen) atoms. The molecule has 1 fully saturated rings. The zero-order chi connectivity index (χ0) is 16.1. The van der Waals surface area contributed by atoms with Gasteiger partial charge in [0.15, 0.2) is 0 Å². The zero-order valence-corrected chi connectivity index (χ0v) is 13.3. The third-order valence-electron chi connectivity index (χ3n) is 4.65. The minimum Gasteiger partial charge on any atom is -0.478 e. The molecule has 3 heteroatoms. The maximum Gasteiger partial charge on any atom is 0.335 e. The third-order valence-corrected chi connectivity index (χ3v) is 4.65. The molecule has 0 aliphatic carbocycles. The molecule has 0 atom stereocenters. The number of likely N-dealkylation sites (tertiary alicyclic amines) is 1. The molecule has 0 amide bonds. The number of hydrogen-bond acceptors (Lipinski definition) is 2. The molecule has 0 bridgehead atoms. The van der Waals surface area contributed by atoms with Crippen molar-refractivity contribution in [1.29, 1.82) is 0 Å². The van der Waals surface area contributed by atoms with Gasteiger partial charge in [0.05, 0.1) is 5.56 Å².